The fraction of sp³-hybridized carbons (Fsp3) is 0.400. The maximum absolute atomic E-state index is 11.9. The minimum absolute atomic E-state index is 0.151. The molecule has 0 aliphatic carbocycles. The Balaban J connectivity index is 1.82. The number of benzene rings is 1. The molecule has 2 rings (SSSR count). The quantitative estimate of drug-likeness (QED) is 0.703. The molecule has 1 aromatic heterocycles. The Morgan fingerprint density at radius 1 is 1.48 bits per heavy atom. The SMILES string of the molecule is COC(CN)CC(=O)Nc1cccc(OCCn2cncn2)c1. The van der Waals surface area contributed by atoms with Crippen molar-refractivity contribution in [3.05, 3.63) is 36.9 Å². The van der Waals surface area contributed by atoms with Crippen LogP contribution in [0.25, 0.3) is 0 Å². The molecule has 1 aromatic carbocycles. The first kappa shape index (κ1) is 16.9. The van der Waals surface area contributed by atoms with Crippen LogP contribution in [0, 0.1) is 0 Å². The summed E-state index contributed by atoms with van der Waals surface area (Å²) in [6.45, 7) is 1.36. The lowest BCUT2D eigenvalue weighted by Gasteiger charge is -2.13. The zero-order valence-electron chi connectivity index (χ0n) is 13.0. The van der Waals surface area contributed by atoms with Gasteiger partial charge in [-0.2, -0.15) is 5.10 Å². The summed E-state index contributed by atoms with van der Waals surface area (Å²) in [7, 11) is 1.54. The normalized spacial score (nSPS) is 11.9. The van der Waals surface area contributed by atoms with Gasteiger partial charge in [0.1, 0.15) is 25.0 Å². The number of amides is 1. The van der Waals surface area contributed by atoms with Crippen molar-refractivity contribution in [3.63, 3.8) is 0 Å². The average Bonchev–Trinajstić information content (AvgIpc) is 3.06. The Hall–Kier alpha value is -2.45. The third-order valence-corrected chi connectivity index (χ3v) is 3.18. The highest BCUT2D eigenvalue weighted by Crippen LogP contribution is 2.17. The third kappa shape index (κ3) is 5.68. The van der Waals surface area contributed by atoms with Crippen LogP contribution in [0.4, 0.5) is 5.69 Å². The summed E-state index contributed by atoms with van der Waals surface area (Å²) in [6, 6.07) is 7.21. The molecule has 0 aliphatic rings. The van der Waals surface area contributed by atoms with Crippen LogP contribution in [0.5, 0.6) is 5.75 Å². The van der Waals surface area contributed by atoms with E-state index < -0.39 is 0 Å². The summed E-state index contributed by atoms with van der Waals surface area (Å²) >= 11 is 0. The molecular weight excluding hydrogens is 298 g/mol. The third-order valence-electron chi connectivity index (χ3n) is 3.18. The molecule has 1 unspecified atom stereocenters. The van der Waals surface area contributed by atoms with Crippen molar-refractivity contribution in [1.29, 1.82) is 0 Å². The highest BCUT2D eigenvalue weighted by Gasteiger charge is 2.11. The van der Waals surface area contributed by atoms with Crippen LogP contribution in [0.3, 0.4) is 0 Å². The van der Waals surface area contributed by atoms with Crippen LogP contribution in [0.15, 0.2) is 36.9 Å². The van der Waals surface area contributed by atoms with Crippen molar-refractivity contribution in [2.45, 2.75) is 19.1 Å². The van der Waals surface area contributed by atoms with E-state index in [9.17, 15) is 4.79 Å². The average molecular weight is 319 g/mol. The standard InChI is InChI=1S/C15H21N5O3/c1-22-14(9-16)8-15(21)19-12-3-2-4-13(7-12)23-6-5-20-11-17-10-18-20/h2-4,7,10-11,14H,5-6,8-9,16H2,1H3,(H,19,21). The van der Waals surface area contributed by atoms with Gasteiger partial charge in [-0.15, -0.1) is 0 Å². The zero-order valence-corrected chi connectivity index (χ0v) is 13.0. The van der Waals surface area contributed by atoms with E-state index >= 15 is 0 Å². The first-order valence-electron chi connectivity index (χ1n) is 7.29. The van der Waals surface area contributed by atoms with E-state index in [-0.39, 0.29) is 18.4 Å². The molecule has 0 saturated carbocycles. The van der Waals surface area contributed by atoms with Gasteiger partial charge in [-0.25, -0.2) is 9.67 Å². The van der Waals surface area contributed by atoms with Crippen LogP contribution in [0.1, 0.15) is 6.42 Å². The van der Waals surface area contributed by atoms with E-state index in [1.54, 1.807) is 23.1 Å². The molecule has 0 radical (unpaired) electrons. The van der Waals surface area contributed by atoms with E-state index in [4.69, 9.17) is 15.2 Å². The fourth-order valence-electron chi connectivity index (χ4n) is 1.95. The number of hydrogen-bond acceptors (Lipinski definition) is 6. The summed E-state index contributed by atoms with van der Waals surface area (Å²) in [5, 5.41) is 6.80. The van der Waals surface area contributed by atoms with Crippen LogP contribution >= 0.6 is 0 Å². The smallest absolute Gasteiger partial charge is 0.227 e. The van der Waals surface area contributed by atoms with Gasteiger partial charge in [0, 0.05) is 25.4 Å². The molecule has 0 saturated heterocycles. The van der Waals surface area contributed by atoms with Gasteiger partial charge >= 0.3 is 0 Å². The van der Waals surface area contributed by atoms with E-state index in [2.05, 4.69) is 15.4 Å². The van der Waals surface area contributed by atoms with Gasteiger partial charge in [0.25, 0.3) is 0 Å². The summed E-state index contributed by atoms with van der Waals surface area (Å²) < 4.78 is 12.4. The van der Waals surface area contributed by atoms with Crippen molar-refractivity contribution in [2.75, 3.05) is 25.6 Å². The molecule has 3 N–H and O–H groups in total. The molecule has 124 valence electrons. The molecule has 0 aliphatic heterocycles. The molecule has 2 aromatic rings. The van der Waals surface area contributed by atoms with Gasteiger partial charge in [-0.05, 0) is 12.1 Å². The fourth-order valence-corrected chi connectivity index (χ4v) is 1.95. The van der Waals surface area contributed by atoms with Gasteiger partial charge in [-0.1, -0.05) is 6.07 Å². The summed E-state index contributed by atoms with van der Waals surface area (Å²) in [6.07, 6.45) is 3.04. The highest BCUT2D eigenvalue weighted by molar-refractivity contribution is 5.91. The van der Waals surface area contributed by atoms with Gasteiger partial charge in [0.15, 0.2) is 0 Å². The number of ether oxygens (including phenoxy) is 2. The Bertz CT molecular complexity index is 599. The van der Waals surface area contributed by atoms with Gasteiger partial charge < -0.3 is 20.5 Å². The van der Waals surface area contributed by atoms with E-state index in [1.807, 2.05) is 12.1 Å². The number of nitrogens with one attached hydrogen (secondary N) is 1. The molecular formula is C15H21N5O3. The number of methoxy groups -OCH3 is 1. The molecule has 1 heterocycles. The number of rotatable bonds is 9. The van der Waals surface area contributed by atoms with E-state index in [0.29, 0.717) is 31.1 Å². The van der Waals surface area contributed by atoms with E-state index in [0.717, 1.165) is 0 Å². The van der Waals surface area contributed by atoms with Crippen LogP contribution in [-0.4, -0.2) is 47.0 Å². The van der Waals surface area contributed by atoms with Crippen molar-refractivity contribution >= 4 is 11.6 Å². The maximum atomic E-state index is 11.9. The number of aromatic nitrogens is 3. The summed E-state index contributed by atoms with van der Waals surface area (Å²) in [4.78, 5) is 15.8. The monoisotopic (exact) mass is 319 g/mol. The molecule has 8 heteroatoms. The second kappa shape index (κ2) is 8.86. The zero-order chi connectivity index (χ0) is 16.5. The second-order valence-corrected chi connectivity index (χ2v) is 4.88. The Kier molecular flexibility index (Phi) is 6.52. The first-order valence-corrected chi connectivity index (χ1v) is 7.29. The molecule has 0 bridgehead atoms. The number of hydrogen-bond donors (Lipinski definition) is 2. The summed E-state index contributed by atoms with van der Waals surface area (Å²) in [5.74, 6) is 0.520. The van der Waals surface area contributed by atoms with Gasteiger partial charge in [0.05, 0.1) is 19.1 Å². The van der Waals surface area contributed by atoms with Crippen molar-refractivity contribution in [2.24, 2.45) is 5.73 Å². The minimum atomic E-state index is -0.280. The molecule has 1 amide bonds. The maximum Gasteiger partial charge on any atom is 0.227 e. The van der Waals surface area contributed by atoms with Crippen molar-refractivity contribution < 1.29 is 14.3 Å². The van der Waals surface area contributed by atoms with Crippen LogP contribution < -0.4 is 15.8 Å². The lowest BCUT2D eigenvalue weighted by molar-refractivity contribution is -0.118. The van der Waals surface area contributed by atoms with Gasteiger partial charge in [0.2, 0.25) is 5.91 Å². The predicted octanol–water partition coefficient (Wildman–Crippen LogP) is 0.659. The molecule has 8 nitrogen and oxygen atoms in total. The van der Waals surface area contributed by atoms with Crippen LogP contribution in [0.2, 0.25) is 0 Å². The number of carbonyl (C=O) groups is 1. The predicted molar refractivity (Wildman–Crippen MR) is 85.1 cm³/mol. The highest BCUT2D eigenvalue weighted by atomic mass is 16.5. The number of nitrogens with two attached hydrogens (primary N) is 1. The largest absolute Gasteiger partial charge is 0.492 e. The topological polar surface area (TPSA) is 104 Å². The number of nitrogens with zero attached hydrogens (tertiary/aromatic N) is 3. The molecule has 0 fully saturated rings. The first-order chi connectivity index (χ1) is 11.2. The molecule has 23 heavy (non-hydrogen) atoms. The van der Waals surface area contributed by atoms with Gasteiger partial charge in [-0.3, -0.25) is 4.79 Å². The van der Waals surface area contributed by atoms with Crippen molar-refractivity contribution in [3.8, 4) is 5.75 Å². The molecule has 1 atom stereocenters. The number of anilines is 1. The molecule has 0 spiro atoms. The lowest BCUT2D eigenvalue weighted by Crippen LogP contribution is -2.28. The Morgan fingerprint density at radius 3 is 3.04 bits per heavy atom. The summed E-state index contributed by atoms with van der Waals surface area (Å²) in [5.41, 5.74) is 6.17. The lowest BCUT2D eigenvalue weighted by atomic mass is 10.2. The van der Waals surface area contributed by atoms with E-state index in [1.165, 1.54) is 13.4 Å². The second-order valence-electron chi connectivity index (χ2n) is 4.88. The van der Waals surface area contributed by atoms with Crippen LogP contribution in [-0.2, 0) is 16.1 Å². The Labute approximate surface area is 134 Å². The number of carbonyl (C=O) groups excluding carboxylic acids is 1. The minimum Gasteiger partial charge on any atom is -0.492 e. The Morgan fingerprint density at radius 2 is 2.35 bits per heavy atom. The van der Waals surface area contributed by atoms with Crippen molar-refractivity contribution in [1.82, 2.24) is 14.8 Å².